The van der Waals surface area contributed by atoms with E-state index in [1.807, 2.05) is 6.92 Å². The lowest BCUT2D eigenvalue weighted by Crippen LogP contribution is -2.67. The third kappa shape index (κ3) is 2.82. The van der Waals surface area contributed by atoms with Crippen LogP contribution in [0.2, 0.25) is 0 Å². The van der Waals surface area contributed by atoms with Crippen LogP contribution in [-0.2, 0) is 29.0 Å². The molecule has 7 nitrogen and oxygen atoms in total. The monoisotopic (exact) mass is 348 g/mol. The van der Waals surface area contributed by atoms with E-state index in [1.165, 1.54) is 11.1 Å². The Kier molecular flexibility index (Phi) is 4.43. The summed E-state index contributed by atoms with van der Waals surface area (Å²) in [6.07, 6.45) is 8.66. The zero-order valence-corrected chi connectivity index (χ0v) is 15.0. The lowest BCUT2D eigenvalue weighted by Gasteiger charge is -2.61. The van der Waals surface area contributed by atoms with E-state index in [9.17, 15) is 9.59 Å². The zero-order chi connectivity index (χ0) is 17.4. The second-order valence-corrected chi connectivity index (χ2v) is 7.71. The van der Waals surface area contributed by atoms with E-state index in [0.29, 0.717) is 0 Å². The van der Waals surface area contributed by atoms with Crippen molar-refractivity contribution in [2.45, 2.75) is 83.5 Å². The molecule has 1 N–H and O–H groups in total. The Bertz CT molecular complexity index is 704. The molecule has 1 aliphatic heterocycles. The lowest BCUT2D eigenvalue weighted by molar-refractivity contribution is -0.176. The molecule has 1 aromatic heterocycles. The Morgan fingerprint density at radius 3 is 2.88 bits per heavy atom. The fraction of sp³-hybridized carbons (Fsp3) is 0.833. The van der Waals surface area contributed by atoms with Crippen LogP contribution in [0.1, 0.15) is 57.7 Å². The smallest absolute Gasteiger partial charge is 0.346 e. The molecule has 7 heteroatoms. The first-order chi connectivity index (χ1) is 12.1. The standard InChI is InChI=1S/C18H28N4O3/c1-2-25-14-11-13(18(14)8-6-9-18)19-16(23)12-22-17(24)21-10-5-3-4-7-15(21)20-22/h13-14H,2-12H2,1H3,(H,19,23)/t13-,14-/m0/s1. The van der Waals surface area contributed by atoms with Gasteiger partial charge in [-0.1, -0.05) is 12.8 Å². The first kappa shape index (κ1) is 16.8. The number of ether oxygens (including phenoxy) is 1. The van der Waals surface area contributed by atoms with Crippen LogP contribution in [0.15, 0.2) is 4.79 Å². The molecule has 0 saturated heterocycles. The van der Waals surface area contributed by atoms with E-state index in [4.69, 9.17) is 4.74 Å². The molecule has 1 aromatic rings. The Morgan fingerprint density at radius 1 is 1.32 bits per heavy atom. The van der Waals surface area contributed by atoms with Gasteiger partial charge in [0.2, 0.25) is 5.91 Å². The average Bonchev–Trinajstić information content (AvgIpc) is 2.71. The summed E-state index contributed by atoms with van der Waals surface area (Å²) in [5.74, 6) is 0.715. The van der Waals surface area contributed by atoms with E-state index in [1.54, 1.807) is 4.57 Å². The van der Waals surface area contributed by atoms with Crippen molar-refractivity contribution in [3.05, 3.63) is 16.3 Å². The number of rotatable bonds is 5. The van der Waals surface area contributed by atoms with Gasteiger partial charge in [-0.15, -0.1) is 0 Å². The van der Waals surface area contributed by atoms with E-state index in [-0.39, 0.29) is 35.7 Å². The van der Waals surface area contributed by atoms with Gasteiger partial charge in [0.1, 0.15) is 12.4 Å². The summed E-state index contributed by atoms with van der Waals surface area (Å²) in [6, 6.07) is 0.182. The van der Waals surface area contributed by atoms with E-state index in [0.717, 1.165) is 63.9 Å². The van der Waals surface area contributed by atoms with Gasteiger partial charge in [0.05, 0.1) is 6.10 Å². The SMILES string of the molecule is CCO[C@H]1C[C@H](NC(=O)Cn2nc3n(c2=O)CCCCC3)C12CCC2. The molecule has 1 spiro atoms. The van der Waals surface area contributed by atoms with Crippen LogP contribution >= 0.6 is 0 Å². The fourth-order valence-electron chi connectivity index (χ4n) is 4.74. The first-order valence-corrected chi connectivity index (χ1v) is 9.71. The fourth-order valence-corrected chi connectivity index (χ4v) is 4.74. The van der Waals surface area contributed by atoms with Crippen LogP contribution in [0.5, 0.6) is 0 Å². The maximum atomic E-state index is 12.5. The number of hydrogen-bond acceptors (Lipinski definition) is 4. The van der Waals surface area contributed by atoms with Gasteiger partial charge < -0.3 is 10.1 Å². The normalized spacial score (nSPS) is 27.1. The number of amides is 1. The van der Waals surface area contributed by atoms with Gasteiger partial charge in [0.25, 0.3) is 0 Å². The summed E-state index contributed by atoms with van der Waals surface area (Å²) in [4.78, 5) is 24.9. The summed E-state index contributed by atoms with van der Waals surface area (Å²) in [7, 11) is 0. The maximum absolute atomic E-state index is 12.5. The maximum Gasteiger partial charge on any atom is 0.346 e. The second kappa shape index (κ2) is 6.59. The molecule has 3 aliphatic rings. The summed E-state index contributed by atoms with van der Waals surface area (Å²) < 4.78 is 8.90. The van der Waals surface area contributed by atoms with Gasteiger partial charge in [0, 0.05) is 31.0 Å². The topological polar surface area (TPSA) is 78.2 Å². The van der Waals surface area contributed by atoms with Crippen molar-refractivity contribution in [3.8, 4) is 0 Å². The molecule has 2 aliphatic carbocycles. The van der Waals surface area contributed by atoms with Crippen LogP contribution in [-0.4, -0.2) is 39.0 Å². The van der Waals surface area contributed by atoms with Crippen molar-refractivity contribution in [1.82, 2.24) is 19.7 Å². The van der Waals surface area contributed by atoms with E-state index >= 15 is 0 Å². The van der Waals surface area contributed by atoms with Crippen molar-refractivity contribution in [1.29, 1.82) is 0 Å². The van der Waals surface area contributed by atoms with Gasteiger partial charge in [-0.2, -0.15) is 5.10 Å². The number of carbonyl (C=O) groups excluding carboxylic acids is 1. The zero-order valence-electron chi connectivity index (χ0n) is 15.0. The van der Waals surface area contributed by atoms with Crippen molar-refractivity contribution in [3.63, 3.8) is 0 Å². The second-order valence-electron chi connectivity index (χ2n) is 7.71. The highest BCUT2D eigenvalue weighted by molar-refractivity contribution is 5.76. The summed E-state index contributed by atoms with van der Waals surface area (Å²) in [5.41, 5.74) is -0.00617. The van der Waals surface area contributed by atoms with Gasteiger partial charge in [-0.25, -0.2) is 9.48 Å². The third-order valence-electron chi connectivity index (χ3n) is 6.35. The molecule has 0 aromatic carbocycles. The van der Waals surface area contributed by atoms with Gasteiger partial charge >= 0.3 is 5.69 Å². The predicted octanol–water partition coefficient (Wildman–Crippen LogP) is 1.24. The summed E-state index contributed by atoms with van der Waals surface area (Å²) in [6.45, 7) is 3.48. The number of aryl methyl sites for hydroxylation is 1. The molecule has 1 amide bonds. The van der Waals surface area contributed by atoms with Crippen molar-refractivity contribution < 1.29 is 9.53 Å². The first-order valence-electron chi connectivity index (χ1n) is 9.71. The van der Waals surface area contributed by atoms with Gasteiger partial charge in [-0.3, -0.25) is 9.36 Å². The number of fused-ring (bicyclic) bond motifs is 1. The molecular formula is C18H28N4O3. The lowest BCUT2D eigenvalue weighted by atomic mass is 9.51. The Labute approximate surface area is 147 Å². The van der Waals surface area contributed by atoms with Crippen molar-refractivity contribution >= 4 is 5.91 Å². The van der Waals surface area contributed by atoms with E-state index in [2.05, 4.69) is 10.4 Å². The molecular weight excluding hydrogens is 320 g/mol. The number of carbonyl (C=O) groups is 1. The number of aromatic nitrogens is 3. The molecule has 25 heavy (non-hydrogen) atoms. The summed E-state index contributed by atoms with van der Waals surface area (Å²) in [5, 5.41) is 7.54. The minimum Gasteiger partial charge on any atom is -0.378 e. The summed E-state index contributed by atoms with van der Waals surface area (Å²) >= 11 is 0. The highest BCUT2D eigenvalue weighted by atomic mass is 16.5. The Morgan fingerprint density at radius 2 is 2.16 bits per heavy atom. The quantitative estimate of drug-likeness (QED) is 0.868. The van der Waals surface area contributed by atoms with Crippen molar-refractivity contribution in [2.75, 3.05) is 6.61 Å². The molecule has 138 valence electrons. The predicted molar refractivity (Wildman–Crippen MR) is 92.3 cm³/mol. The number of hydrogen-bond donors (Lipinski definition) is 1. The number of nitrogens with one attached hydrogen (secondary N) is 1. The molecule has 2 fully saturated rings. The largest absolute Gasteiger partial charge is 0.378 e. The molecule has 0 radical (unpaired) electrons. The molecule has 0 unspecified atom stereocenters. The van der Waals surface area contributed by atoms with E-state index < -0.39 is 0 Å². The molecule has 2 heterocycles. The van der Waals surface area contributed by atoms with Crippen LogP contribution in [0.25, 0.3) is 0 Å². The average molecular weight is 348 g/mol. The minimum atomic E-state index is -0.147. The molecule has 2 atom stereocenters. The van der Waals surface area contributed by atoms with Crippen LogP contribution in [0, 0.1) is 5.41 Å². The molecule has 2 saturated carbocycles. The number of nitrogens with zero attached hydrogens (tertiary/aromatic N) is 3. The van der Waals surface area contributed by atoms with Gasteiger partial charge in [0.15, 0.2) is 0 Å². The van der Waals surface area contributed by atoms with Crippen LogP contribution < -0.4 is 11.0 Å². The Balaban J connectivity index is 1.39. The van der Waals surface area contributed by atoms with Crippen molar-refractivity contribution in [2.24, 2.45) is 5.41 Å². The van der Waals surface area contributed by atoms with Gasteiger partial charge in [-0.05, 0) is 39.0 Å². The Hall–Kier alpha value is -1.63. The highest BCUT2D eigenvalue weighted by Crippen LogP contribution is 2.57. The molecule has 4 rings (SSSR count). The minimum absolute atomic E-state index is 0.0186. The molecule has 0 bridgehead atoms. The highest BCUT2D eigenvalue weighted by Gasteiger charge is 2.59. The van der Waals surface area contributed by atoms with Crippen LogP contribution in [0.3, 0.4) is 0 Å². The van der Waals surface area contributed by atoms with Crippen LogP contribution in [0.4, 0.5) is 0 Å². The third-order valence-corrected chi connectivity index (χ3v) is 6.35.